The summed E-state index contributed by atoms with van der Waals surface area (Å²) in [4.78, 5) is 27.3. The zero-order valence-corrected chi connectivity index (χ0v) is 26.1. The SMILES string of the molecule is C=C(C)C(=O)OC(c1ccccc1)(c1ccccc1)C1OC(C)(C)O[C@@H]1C(OC(=O)C(=C)C)(c1ccccc1)c1ccccc1. The van der Waals surface area contributed by atoms with E-state index in [1.807, 2.05) is 121 Å². The zero-order chi connectivity index (χ0) is 32.2. The van der Waals surface area contributed by atoms with E-state index in [0.29, 0.717) is 22.3 Å². The Bertz CT molecular complexity index is 1460. The molecule has 6 nitrogen and oxygen atoms in total. The normalized spacial score (nSPS) is 17.7. The Morgan fingerprint density at radius 3 is 1.02 bits per heavy atom. The van der Waals surface area contributed by atoms with Gasteiger partial charge in [-0.2, -0.15) is 0 Å². The zero-order valence-electron chi connectivity index (χ0n) is 26.1. The number of rotatable bonds is 10. The second-order valence-corrected chi connectivity index (χ2v) is 11.8. The van der Waals surface area contributed by atoms with Crippen LogP contribution >= 0.6 is 0 Å². The summed E-state index contributed by atoms with van der Waals surface area (Å²) in [5.74, 6) is -2.43. The number of benzene rings is 4. The molecule has 1 aliphatic heterocycles. The van der Waals surface area contributed by atoms with E-state index in [4.69, 9.17) is 18.9 Å². The Morgan fingerprint density at radius 2 is 0.800 bits per heavy atom. The molecule has 2 atom stereocenters. The van der Waals surface area contributed by atoms with Crippen LogP contribution in [0.3, 0.4) is 0 Å². The maximum absolute atomic E-state index is 13.7. The van der Waals surface area contributed by atoms with Crippen molar-refractivity contribution in [3.8, 4) is 0 Å². The third-order valence-electron chi connectivity index (χ3n) is 7.91. The molecule has 0 radical (unpaired) electrons. The van der Waals surface area contributed by atoms with Crippen molar-refractivity contribution in [2.45, 2.75) is 56.9 Å². The summed E-state index contributed by atoms with van der Waals surface area (Å²) in [6.07, 6.45) is -2.11. The molecule has 0 amide bonds. The highest BCUT2D eigenvalue weighted by Crippen LogP contribution is 2.53. The van der Waals surface area contributed by atoms with Crippen molar-refractivity contribution in [2.75, 3.05) is 0 Å². The molecule has 0 N–H and O–H groups in total. The van der Waals surface area contributed by atoms with Gasteiger partial charge in [0.2, 0.25) is 0 Å². The van der Waals surface area contributed by atoms with Gasteiger partial charge >= 0.3 is 11.9 Å². The van der Waals surface area contributed by atoms with E-state index >= 15 is 0 Å². The van der Waals surface area contributed by atoms with Crippen LogP contribution in [0.1, 0.15) is 49.9 Å². The molecule has 1 heterocycles. The average molecular weight is 603 g/mol. The van der Waals surface area contributed by atoms with Crippen LogP contribution in [0.15, 0.2) is 146 Å². The summed E-state index contributed by atoms with van der Waals surface area (Å²) in [6, 6.07) is 37.6. The van der Waals surface area contributed by atoms with Gasteiger partial charge in [-0.3, -0.25) is 0 Å². The smallest absolute Gasteiger partial charge is 0.334 e. The molecule has 5 rings (SSSR count). The number of ether oxygens (including phenoxy) is 4. The van der Waals surface area contributed by atoms with Gasteiger partial charge in [0.05, 0.1) is 0 Å². The predicted molar refractivity (Wildman–Crippen MR) is 173 cm³/mol. The summed E-state index contributed by atoms with van der Waals surface area (Å²) in [5, 5.41) is 0. The van der Waals surface area contributed by atoms with Crippen molar-refractivity contribution in [2.24, 2.45) is 0 Å². The topological polar surface area (TPSA) is 71.1 Å². The van der Waals surface area contributed by atoms with E-state index in [2.05, 4.69) is 13.2 Å². The van der Waals surface area contributed by atoms with Gasteiger partial charge in [0, 0.05) is 33.4 Å². The quantitative estimate of drug-likeness (QED) is 0.137. The van der Waals surface area contributed by atoms with E-state index < -0.39 is 41.1 Å². The van der Waals surface area contributed by atoms with Crippen molar-refractivity contribution < 1.29 is 28.5 Å². The molecule has 230 valence electrons. The van der Waals surface area contributed by atoms with E-state index in [-0.39, 0.29) is 11.1 Å². The van der Waals surface area contributed by atoms with Crippen LogP contribution in [0.25, 0.3) is 0 Å². The van der Waals surface area contributed by atoms with Crippen molar-refractivity contribution in [3.63, 3.8) is 0 Å². The number of hydrogen-bond donors (Lipinski definition) is 0. The first-order valence-electron chi connectivity index (χ1n) is 14.9. The molecule has 0 bridgehead atoms. The van der Waals surface area contributed by atoms with E-state index in [0.717, 1.165) is 0 Å². The maximum atomic E-state index is 13.7. The van der Waals surface area contributed by atoms with Crippen LogP contribution in [0, 0.1) is 0 Å². The Labute approximate surface area is 264 Å². The highest BCUT2D eigenvalue weighted by Gasteiger charge is 2.65. The molecule has 6 heteroatoms. The van der Waals surface area contributed by atoms with Gasteiger partial charge in [-0.05, 0) is 27.7 Å². The van der Waals surface area contributed by atoms with E-state index in [9.17, 15) is 9.59 Å². The molecule has 1 unspecified atom stereocenters. The van der Waals surface area contributed by atoms with Gasteiger partial charge in [-0.1, -0.05) is 134 Å². The predicted octanol–water partition coefficient (Wildman–Crippen LogP) is 7.63. The fraction of sp³-hybridized carbons (Fsp3) is 0.231. The number of esters is 2. The van der Waals surface area contributed by atoms with Crippen LogP contribution in [0.5, 0.6) is 0 Å². The largest absolute Gasteiger partial charge is 0.443 e. The van der Waals surface area contributed by atoms with Crippen LogP contribution in [-0.4, -0.2) is 29.9 Å². The lowest BCUT2D eigenvalue weighted by Gasteiger charge is -2.46. The van der Waals surface area contributed by atoms with Gasteiger partial charge in [0.1, 0.15) is 12.2 Å². The van der Waals surface area contributed by atoms with Gasteiger partial charge in [-0.25, -0.2) is 9.59 Å². The van der Waals surface area contributed by atoms with Gasteiger partial charge in [0.15, 0.2) is 17.0 Å². The molecule has 4 aromatic rings. The summed E-state index contributed by atoms with van der Waals surface area (Å²) < 4.78 is 26.9. The summed E-state index contributed by atoms with van der Waals surface area (Å²) >= 11 is 0. The van der Waals surface area contributed by atoms with Crippen molar-refractivity contribution >= 4 is 11.9 Å². The van der Waals surface area contributed by atoms with Crippen molar-refractivity contribution in [1.82, 2.24) is 0 Å². The molecule has 0 aliphatic carbocycles. The number of carbonyl (C=O) groups excluding carboxylic acids is 2. The lowest BCUT2D eigenvalue weighted by atomic mass is 9.71. The molecule has 0 saturated carbocycles. The van der Waals surface area contributed by atoms with Gasteiger partial charge in [0.25, 0.3) is 0 Å². The monoisotopic (exact) mass is 602 g/mol. The van der Waals surface area contributed by atoms with Crippen LogP contribution in [-0.2, 0) is 39.7 Å². The molecule has 0 spiro atoms. The van der Waals surface area contributed by atoms with Crippen LogP contribution < -0.4 is 0 Å². The second-order valence-electron chi connectivity index (χ2n) is 11.8. The van der Waals surface area contributed by atoms with Crippen LogP contribution in [0.2, 0.25) is 0 Å². The minimum absolute atomic E-state index is 0.215. The second kappa shape index (κ2) is 12.7. The highest BCUT2D eigenvalue weighted by atomic mass is 16.8. The number of hydrogen-bond acceptors (Lipinski definition) is 6. The average Bonchev–Trinajstić information content (AvgIpc) is 3.39. The Balaban J connectivity index is 1.91. The first kappa shape index (κ1) is 31.6. The standard InChI is InChI=1S/C39H38O6/c1-27(2)35(40)44-38(29-19-11-7-12-20-29,30-21-13-8-14-22-30)33-34(43-37(5,6)42-33)39(45-36(41)28(3)4,31-23-15-9-16-24-31)32-25-17-10-18-26-32/h7-26,33-34H,1,3H2,2,4-6H3/t33-,34?/m0/s1. The first-order valence-corrected chi connectivity index (χ1v) is 14.9. The molecule has 1 fully saturated rings. The lowest BCUT2D eigenvalue weighted by Crippen LogP contribution is -2.57. The van der Waals surface area contributed by atoms with Gasteiger partial charge < -0.3 is 18.9 Å². The maximum Gasteiger partial charge on any atom is 0.334 e. The minimum atomic E-state index is -1.58. The lowest BCUT2D eigenvalue weighted by molar-refractivity contribution is -0.186. The number of carbonyl (C=O) groups is 2. The highest BCUT2D eigenvalue weighted by molar-refractivity contribution is 5.88. The fourth-order valence-electron chi connectivity index (χ4n) is 5.91. The molecule has 0 aromatic heterocycles. The molecular weight excluding hydrogens is 564 g/mol. The Morgan fingerprint density at radius 1 is 0.556 bits per heavy atom. The first-order chi connectivity index (χ1) is 21.5. The van der Waals surface area contributed by atoms with Crippen LogP contribution in [0.4, 0.5) is 0 Å². The Hall–Kier alpha value is -4.78. The summed E-state index contributed by atoms with van der Waals surface area (Å²) in [5.41, 5.74) is -0.166. The summed E-state index contributed by atoms with van der Waals surface area (Å²) in [7, 11) is 0. The third-order valence-corrected chi connectivity index (χ3v) is 7.91. The molecular formula is C39H38O6. The fourth-order valence-corrected chi connectivity index (χ4v) is 5.91. The van der Waals surface area contributed by atoms with Crippen molar-refractivity contribution in [1.29, 1.82) is 0 Å². The van der Waals surface area contributed by atoms with E-state index in [1.165, 1.54) is 0 Å². The molecule has 4 aromatic carbocycles. The third kappa shape index (κ3) is 5.99. The molecule has 1 saturated heterocycles. The van der Waals surface area contributed by atoms with Gasteiger partial charge in [-0.15, -0.1) is 0 Å². The van der Waals surface area contributed by atoms with Crippen molar-refractivity contribution in [3.05, 3.63) is 168 Å². The Kier molecular flexibility index (Phi) is 8.91. The molecule has 1 aliphatic rings. The molecule has 45 heavy (non-hydrogen) atoms. The summed E-state index contributed by atoms with van der Waals surface area (Å²) in [6.45, 7) is 14.5. The minimum Gasteiger partial charge on any atom is -0.443 e. The van der Waals surface area contributed by atoms with E-state index in [1.54, 1.807) is 27.7 Å².